The van der Waals surface area contributed by atoms with E-state index in [4.69, 9.17) is 9.97 Å². The minimum Gasteiger partial charge on any atom is -0.327 e. The largest absolute Gasteiger partial charge is 0.327 e. The van der Waals surface area contributed by atoms with E-state index < -0.39 is 0 Å². The zero-order valence-electron chi connectivity index (χ0n) is 16.6. The lowest BCUT2D eigenvalue weighted by Crippen LogP contribution is -1.92. The molecule has 0 radical (unpaired) electrons. The molecule has 2 heterocycles. The minimum atomic E-state index is 0.971. The van der Waals surface area contributed by atoms with Crippen molar-refractivity contribution in [2.75, 3.05) is 0 Å². The van der Waals surface area contributed by atoms with Crippen LogP contribution in [-0.4, -0.2) is 14.5 Å². The highest BCUT2D eigenvalue weighted by Gasteiger charge is 2.14. The molecule has 0 saturated carbocycles. The molecule has 6 rings (SSSR count). The van der Waals surface area contributed by atoms with Crippen molar-refractivity contribution in [1.29, 1.82) is 0 Å². The van der Waals surface area contributed by atoms with Gasteiger partial charge in [-0.05, 0) is 23.6 Å². The van der Waals surface area contributed by atoms with Gasteiger partial charge in [-0.1, -0.05) is 78.9 Å². The van der Waals surface area contributed by atoms with E-state index >= 15 is 0 Å². The second kappa shape index (κ2) is 6.53. The summed E-state index contributed by atoms with van der Waals surface area (Å²) < 4.78 is 2.15. The first-order valence-electron chi connectivity index (χ1n) is 10.1. The molecule has 0 amide bonds. The first-order valence-corrected chi connectivity index (χ1v) is 10.1. The molecule has 0 N–H and O–H groups in total. The quantitative estimate of drug-likeness (QED) is 0.314. The van der Waals surface area contributed by atoms with Gasteiger partial charge in [0.15, 0.2) is 0 Å². The van der Waals surface area contributed by atoms with Gasteiger partial charge in [0.2, 0.25) is 0 Å². The maximum atomic E-state index is 5.03. The number of aryl methyl sites for hydroxylation is 1. The third-order valence-corrected chi connectivity index (χ3v) is 5.79. The molecule has 0 aliphatic carbocycles. The Kier molecular flexibility index (Phi) is 3.68. The summed E-state index contributed by atoms with van der Waals surface area (Å²) in [5.74, 6) is 0.971. The Morgan fingerprint density at radius 3 is 2.10 bits per heavy atom. The molecule has 0 unspecified atom stereocenters. The first-order chi connectivity index (χ1) is 14.8. The summed E-state index contributed by atoms with van der Waals surface area (Å²) in [7, 11) is 2.07. The van der Waals surface area contributed by atoms with Crippen LogP contribution in [0.1, 0.15) is 0 Å². The van der Waals surface area contributed by atoms with Crippen molar-refractivity contribution in [3.8, 4) is 22.6 Å². The maximum Gasteiger partial charge on any atom is 0.140 e. The molecule has 0 fully saturated rings. The third-order valence-electron chi connectivity index (χ3n) is 5.79. The predicted octanol–water partition coefficient (Wildman–Crippen LogP) is 6.61. The summed E-state index contributed by atoms with van der Waals surface area (Å²) in [6.45, 7) is 0. The Hall–Kier alpha value is -3.98. The second-order valence-corrected chi connectivity index (χ2v) is 7.59. The number of fused-ring (bicyclic) bond motifs is 4. The summed E-state index contributed by atoms with van der Waals surface area (Å²) >= 11 is 0. The molecule has 30 heavy (non-hydrogen) atoms. The van der Waals surface area contributed by atoms with Gasteiger partial charge in [-0.3, -0.25) is 0 Å². The van der Waals surface area contributed by atoms with Crippen LogP contribution in [0.15, 0.2) is 97.1 Å². The smallest absolute Gasteiger partial charge is 0.140 e. The first kappa shape index (κ1) is 16.9. The summed E-state index contributed by atoms with van der Waals surface area (Å²) in [6, 6.07) is 33.6. The number of hydrogen-bond donors (Lipinski definition) is 0. The molecule has 3 nitrogen and oxygen atoms in total. The van der Waals surface area contributed by atoms with Crippen LogP contribution in [0.4, 0.5) is 0 Å². The number of pyridine rings is 1. The summed E-state index contributed by atoms with van der Waals surface area (Å²) in [5, 5.41) is 3.57. The molecule has 0 aliphatic rings. The monoisotopic (exact) mass is 385 g/mol. The third kappa shape index (κ3) is 2.52. The van der Waals surface area contributed by atoms with Crippen molar-refractivity contribution in [1.82, 2.24) is 14.5 Å². The van der Waals surface area contributed by atoms with E-state index in [0.29, 0.717) is 0 Å². The highest BCUT2D eigenvalue weighted by molar-refractivity contribution is 6.11. The van der Waals surface area contributed by atoms with Gasteiger partial charge in [-0.25, -0.2) is 9.97 Å². The molecule has 0 aliphatic heterocycles. The van der Waals surface area contributed by atoms with Crippen LogP contribution in [0, 0.1) is 0 Å². The van der Waals surface area contributed by atoms with Crippen molar-refractivity contribution < 1.29 is 0 Å². The van der Waals surface area contributed by atoms with Gasteiger partial charge in [0.25, 0.3) is 0 Å². The van der Waals surface area contributed by atoms with Crippen molar-refractivity contribution in [2.45, 2.75) is 0 Å². The van der Waals surface area contributed by atoms with Gasteiger partial charge in [-0.2, -0.15) is 0 Å². The number of rotatable bonds is 2. The molecule has 142 valence electrons. The van der Waals surface area contributed by atoms with Crippen LogP contribution >= 0.6 is 0 Å². The molecule has 0 atom stereocenters. The average molecular weight is 385 g/mol. The second-order valence-electron chi connectivity index (χ2n) is 7.59. The molecule has 6 aromatic rings. The van der Waals surface area contributed by atoms with Crippen molar-refractivity contribution in [2.24, 2.45) is 7.05 Å². The zero-order chi connectivity index (χ0) is 20.1. The summed E-state index contributed by atoms with van der Waals surface area (Å²) in [4.78, 5) is 9.98. The van der Waals surface area contributed by atoms with Gasteiger partial charge in [0.1, 0.15) is 5.82 Å². The fourth-order valence-electron chi connectivity index (χ4n) is 4.32. The number of nitrogens with zero attached hydrogens (tertiary/aromatic N) is 3. The molecular formula is C27H19N3. The molecule has 3 heteroatoms. The van der Waals surface area contributed by atoms with E-state index in [0.717, 1.165) is 44.6 Å². The topological polar surface area (TPSA) is 30.7 Å². The Morgan fingerprint density at radius 1 is 0.567 bits per heavy atom. The Labute approximate surface area is 174 Å². The van der Waals surface area contributed by atoms with Crippen LogP contribution in [0.2, 0.25) is 0 Å². The van der Waals surface area contributed by atoms with Gasteiger partial charge >= 0.3 is 0 Å². The van der Waals surface area contributed by atoms with Crippen molar-refractivity contribution >= 4 is 32.7 Å². The maximum absolute atomic E-state index is 5.03. The molecule has 2 aromatic heterocycles. The Bertz CT molecular complexity index is 1550. The number of imidazole rings is 1. The van der Waals surface area contributed by atoms with E-state index in [-0.39, 0.29) is 0 Å². The number of aromatic nitrogens is 3. The lowest BCUT2D eigenvalue weighted by Gasteiger charge is -2.10. The van der Waals surface area contributed by atoms with Gasteiger partial charge in [0.05, 0.1) is 22.2 Å². The van der Waals surface area contributed by atoms with Crippen LogP contribution < -0.4 is 0 Å². The normalized spacial score (nSPS) is 11.5. The molecule has 0 bridgehead atoms. The number of hydrogen-bond acceptors (Lipinski definition) is 2. The van der Waals surface area contributed by atoms with E-state index in [1.807, 2.05) is 24.3 Å². The van der Waals surface area contributed by atoms with Crippen molar-refractivity contribution in [3.05, 3.63) is 97.1 Å². The number of benzene rings is 4. The Balaban J connectivity index is 1.61. The van der Waals surface area contributed by atoms with Crippen LogP contribution in [-0.2, 0) is 7.05 Å². The zero-order valence-corrected chi connectivity index (χ0v) is 16.6. The highest BCUT2D eigenvalue weighted by atomic mass is 15.1. The SMILES string of the molecule is Cn1c(-c2ccccc2)nc2cc(-c3nc4ccccc4c4ccccc34)ccc21. The lowest BCUT2D eigenvalue weighted by atomic mass is 10.00. The van der Waals surface area contributed by atoms with Crippen LogP contribution in [0.3, 0.4) is 0 Å². The lowest BCUT2D eigenvalue weighted by molar-refractivity contribution is 0.959. The van der Waals surface area contributed by atoms with Gasteiger partial charge in [0, 0.05) is 28.9 Å². The summed E-state index contributed by atoms with van der Waals surface area (Å²) in [5.41, 5.74) is 6.31. The van der Waals surface area contributed by atoms with E-state index in [9.17, 15) is 0 Å². The van der Waals surface area contributed by atoms with Gasteiger partial charge in [-0.15, -0.1) is 0 Å². The Morgan fingerprint density at radius 2 is 1.27 bits per heavy atom. The molecule has 4 aromatic carbocycles. The van der Waals surface area contributed by atoms with Crippen LogP contribution in [0.5, 0.6) is 0 Å². The van der Waals surface area contributed by atoms with Gasteiger partial charge < -0.3 is 4.57 Å². The standard InChI is InChI=1S/C27H19N3/c1-30-25-16-15-19(17-24(25)29-27(30)18-9-3-2-4-10-18)26-22-13-6-5-11-20(22)21-12-7-8-14-23(21)28-26/h2-17H,1H3. The molecule has 0 saturated heterocycles. The minimum absolute atomic E-state index is 0.971. The predicted molar refractivity (Wildman–Crippen MR) is 124 cm³/mol. The fraction of sp³-hybridized carbons (Fsp3) is 0.0370. The van der Waals surface area contributed by atoms with E-state index in [2.05, 4.69) is 84.4 Å². The average Bonchev–Trinajstić information content (AvgIpc) is 3.15. The highest BCUT2D eigenvalue weighted by Crippen LogP contribution is 2.34. The molecule has 0 spiro atoms. The van der Waals surface area contributed by atoms with E-state index in [1.165, 1.54) is 10.8 Å². The fourth-order valence-corrected chi connectivity index (χ4v) is 4.32. The number of para-hydroxylation sites is 1. The van der Waals surface area contributed by atoms with Crippen molar-refractivity contribution in [3.63, 3.8) is 0 Å². The van der Waals surface area contributed by atoms with Crippen LogP contribution in [0.25, 0.3) is 55.4 Å². The van der Waals surface area contributed by atoms with E-state index in [1.54, 1.807) is 0 Å². The molecular weight excluding hydrogens is 366 g/mol. The summed E-state index contributed by atoms with van der Waals surface area (Å²) in [6.07, 6.45) is 0.